The van der Waals surface area contributed by atoms with Crippen molar-refractivity contribution in [2.45, 2.75) is 84.0 Å². The van der Waals surface area contributed by atoms with Gasteiger partial charge in [-0.1, -0.05) is 51.9 Å². The van der Waals surface area contributed by atoms with Gasteiger partial charge in [-0.3, -0.25) is 0 Å². The molecule has 0 radical (unpaired) electrons. The van der Waals surface area contributed by atoms with Crippen LogP contribution >= 0.6 is 11.6 Å². The molecule has 0 aromatic heterocycles. The second-order valence-corrected chi connectivity index (χ2v) is 5.10. The third kappa shape index (κ3) is 15.9. The molecule has 0 bridgehead atoms. The molecule has 0 aliphatic heterocycles. The maximum atomic E-state index is 5.62. The zero-order chi connectivity index (χ0) is 12.6. The van der Waals surface area contributed by atoms with Crippen molar-refractivity contribution < 1.29 is 0 Å². The number of alkyl halides is 1. The average molecular weight is 257 g/mol. The first-order valence-electron chi connectivity index (χ1n) is 7.43. The zero-order valence-corrected chi connectivity index (χ0v) is 12.3. The van der Waals surface area contributed by atoms with Gasteiger partial charge in [0.25, 0.3) is 0 Å². The van der Waals surface area contributed by atoms with Gasteiger partial charge < -0.3 is 0 Å². The molecule has 0 aromatic rings. The van der Waals surface area contributed by atoms with Gasteiger partial charge in [-0.15, -0.1) is 23.4 Å². The van der Waals surface area contributed by atoms with E-state index in [-0.39, 0.29) is 0 Å². The van der Waals surface area contributed by atoms with Crippen molar-refractivity contribution in [2.24, 2.45) is 0 Å². The molecule has 0 fully saturated rings. The Hall–Kier alpha value is -0.150. The first-order valence-corrected chi connectivity index (χ1v) is 7.97. The molecule has 100 valence electrons. The summed E-state index contributed by atoms with van der Waals surface area (Å²) in [5.41, 5.74) is 0. The minimum absolute atomic E-state index is 0.817. The minimum atomic E-state index is 0.817. The quantitative estimate of drug-likeness (QED) is 0.244. The Morgan fingerprint density at radius 3 is 1.65 bits per heavy atom. The van der Waals surface area contributed by atoms with Gasteiger partial charge in [0.1, 0.15) is 0 Å². The van der Waals surface area contributed by atoms with E-state index < -0.39 is 0 Å². The highest BCUT2D eigenvalue weighted by Gasteiger charge is 1.89. The molecule has 0 saturated heterocycles. The zero-order valence-electron chi connectivity index (χ0n) is 11.6. The molecule has 0 aromatic carbocycles. The van der Waals surface area contributed by atoms with Crippen LogP contribution in [0.5, 0.6) is 0 Å². The van der Waals surface area contributed by atoms with Crippen LogP contribution < -0.4 is 0 Å². The highest BCUT2D eigenvalue weighted by molar-refractivity contribution is 6.17. The first kappa shape index (κ1) is 16.9. The van der Waals surface area contributed by atoms with Gasteiger partial charge in [-0.2, -0.15) is 0 Å². The Labute approximate surface area is 114 Å². The molecule has 0 aliphatic rings. The van der Waals surface area contributed by atoms with Gasteiger partial charge in [0.2, 0.25) is 0 Å². The van der Waals surface area contributed by atoms with Crippen LogP contribution in [0, 0.1) is 11.8 Å². The Morgan fingerprint density at radius 1 is 0.647 bits per heavy atom. The lowest BCUT2D eigenvalue weighted by Gasteiger charge is -1.96. The molecule has 0 rings (SSSR count). The van der Waals surface area contributed by atoms with E-state index in [0.29, 0.717) is 0 Å². The number of hydrogen-bond acceptors (Lipinski definition) is 0. The maximum Gasteiger partial charge on any atom is 0.0223 e. The minimum Gasteiger partial charge on any atom is -0.127 e. The molecule has 0 heterocycles. The first-order chi connectivity index (χ1) is 8.41. The molecule has 17 heavy (non-hydrogen) atoms. The Morgan fingerprint density at radius 2 is 1.12 bits per heavy atom. The van der Waals surface area contributed by atoms with Crippen LogP contribution in [-0.2, 0) is 0 Å². The number of rotatable bonds is 11. The van der Waals surface area contributed by atoms with Crippen molar-refractivity contribution in [2.75, 3.05) is 5.88 Å². The van der Waals surface area contributed by atoms with Crippen molar-refractivity contribution in [3.05, 3.63) is 0 Å². The molecule has 0 atom stereocenters. The van der Waals surface area contributed by atoms with Gasteiger partial charge >= 0.3 is 0 Å². The van der Waals surface area contributed by atoms with Crippen LogP contribution in [0.2, 0.25) is 0 Å². The fourth-order valence-corrected chi connectivity index (χ4v) is 2.02. The van der Waals surface area contributed by atoms with Gasteiger partial charge in [0, 0.05) is 18.7 Å². The second kappa shape index (κ2) is 15.9. The molecular formula is C16H29Cl. The third-order valence-electron chi connectivity index (χ3n) is 2.97. The maximum absolute atomic E-state index is 5.62. The summed E-state index contributed by atoms with van der Waals surface area (Å²) in [6.07, 6.45) is 15.3. The highest BCUT2D eigenvalue weighted by Crippen LogP contribution is 2.06. The molecule has 0 unspecified atom stereocenters. The number of halogens is 1. The monoisotopic (exact) mass is 256 g/mol. The van der Waals surface area contributed by atoms with Gasteiger partial charge in [0.05, 0.1) is 0 Å². The molecule has 1 heteroatoms. The Kier molecular flexibility index (Phi) is 15.7. The van der Waals surface area contributed by atoms with E-state index >= 15 is 0 Å². The normalized spacial score (nSPS) is 10.0. The van der Waals surface area contributed by atoms with Gasteiger partial charge in [0.15, 0.2) is 0 Å². The van der Waals surface area contributed by atoms with Crippen molar-refractivity contribution >= 4 is 11.6 Å². The van der Waals surface area contributed by atoms with E-state index in [0.717, 1.165) is 18.7 Å². The second-order valence-electron chi connectivity index (χ2n) is 4.72. The largest absolute Gasteiger partial charge is 0.127 e. The summed E-state index contributed by atoms with van der Waals surface area (Å²) in [5, 5.41) is 0. The summed E-state index contributed by atoms with van der Waals surface area (Å²) in [5.74, 6) is 7.40. The van der Waals surface area contributed by atoms with Crippen LogP contribution in [0.25, 0.3) is 0 Å². The van der Waals surface area contributed by atoms with Crippen LogP contribution in [0.3, 0.4) is 0 Å². The lowest BCUT2D eigenvalue weighted by Crippen LogP contribution is -1.79. The topological polar surface area (TPSA) is 0 Å². The van der Waals surface area contributed by atoms with Crippen LogP contribution in [-0.4, -0.2) is 5.88 Å². The smallest absolute Gasteiger partial charge is 0.0223 e. The fraction of sp³-hybridized carbons (Fsp3) is 0.875. The lowest BCUT2D eigenvalue weighted by molar-refractivity contribution is 0.638. The standard InChI is InChI=1S/C16H29Cl/c1-2-3-4-5-6-7-8-9-10-11-12-13-14-15-16-17/h2-7,10-16H2,1H3. The van der Waals surface area contributed by atoms with Gasteiger partial charge in [-0.25, -0.2) is 0 Å². The molecule has 0 N–H and O–H groups in total. The third-order valence-corrected chi connectivity index (χ3v) is 3.23. The molecule has 0 nitrogen and oxygen atoms in total. The molecule has 0 spiro atoms. The summed E-state index contributed by atoms with van der Waals surface area (Å²) in [6, 6.07) is 0. The van der Waals surface area contributed by atoms with Crippen LogP contribution in [0.1, 0.15) is 84.0 Å². The lowest BCUT2D eigenvalue weighted by atomic mass is 10.1. The summed E-state index contributed by atoms with van der Waals surface area (Å²) < 4.78 is 0. The highest BCUT2D eigenvalue weighted by atomic mass is 35.5. The molecule has 0 amide bonds. The molecular weight excluding hydrogens is 228 g/mol. The van der Waals surface area contributed by atoms with Crippen LogP contribution in [0.4, 0.5) is 0 Å². The van der Waals surface area contributed by atoms with Crippen molar-refractivity contribution in [3.63, 3.8) is 0 Å². The molecule has 0 aliphatic carbocycles. The Bertz CT molecular complexity index is 187. The molecule has 0 saturated carbocycles. The van der Waals surface area contributed by atoms with E-state index in [1.165, 1.54) is 64.2 Å². The van der Waals surface area contributed by atoms with Gasteiger partial charge in [-0.05, 0) is 19.3 Å². The summed E-state index contributed by atoms with van der Waals surface area (Å²) in [4.78, 5) is 0. The average Bonchev–Trinajstić information content (AvgIpc) is 2.35. The van der Waals surface area contributed by atoms with Crippen molar-refractivity contribution in [1.82, 2.24) is 0 Å². The van der Waals surface area contributed by atoms with E-state index in [9.17, 15) is 0 Å². The summed E-state index contributed by atoms with van der Waals surface area (Å²) >= 11 is 5.62. The summed E-state index contributed by atoms with van der Waals surface area (Å²) in [6.45, 7) is 2.26. The predicted octanol–water partition coefficient (Wildman–Crippen LogP) is 5.93. The predicted molar refractivity (Wildman–Crippen MR) is 79.6 cm³/mol. The van der Waals surface area contributed by atoms with E-state index in [4.69, 9.17) is 11.6 Å². The van der Waals surface area contributed by atoms with Crippen molar-refractivity contribution in [1.29, 1.82) is 0 Å². The fourth-order valence-electron chi connectivity index (χ4n) is 1.83. The van der Waals surface area contributed by atoms with E-state index in [1.807, 2.05) is 0 Å². The number of hydrogen-bond donors (Lipinski definition) is 0. The number of unbranched alkanes of at least 4 members (excludes halogenated alkanes) is 10. The van der Waals surface area contributed by atoms with E-state index in [2.05, 4.69) is 18.8 Å². The van der Waals surface area contributed by atoms with Crippen molar-refractivity contribution in [3.8, 4) is 11.8 Å². The van der Waals surface area contributed by atoms with Crippen LogP contribution in [0.15, 0.2) is 0 Å². The Balaban J connectivity index is 3.04. The summed E-state index contributed by atoms with van der Waals surface area (Å²) in [7, 11) is 0. The van der Waals surface area contributed by atoms with E-state index in [1.54, 1.807) is 0 Å². The SMILES string of the molecule is CCCCCCCC#CCCCCCCCCl.